The Hall–Kier alpha value is -2.57. The molecule has 0 atom stereocenters. The molecule has 4 rings (SSSR count). The zero-order valence-corrected chi connectivity index (χ0v) is 26.7. The first-order valence-electron chi connectivity index (χ1n) is 15.1. The Morgan fingerprint density at radius 1 is 0.976 bits per heavy atom. The zero-order chi connectivity index (χ0) is 30.0. The number of benzene rings is 2. The molecular weight excluding hydrogens is 572 g/mol. The summed E-state index contributed by atoms with van der Waals surface area (Å²) < 4.78 is 40.7. The summed E-state index contributed by atoms with van der Waals surface area (Å²) in [6.07, 6.45) is 4.24. The highest BCUT2D eigenvalue weighted by Crippen LogP contribution is 2.35. The molecule has 3 aromatic rings. The third-order valence-electron chi connectivity index (χ3n) is 7.37. The Bertz CT molecular complexity index is 1380. The van der Waals surface area contributed by atoms with E-state index in [9.17, 15) is 13.2 Å². The summed E-state index contributed by atoms with van der Waals surface area (Å²) in [6.45, 7) is 12.1. The fourth-order valence-electron chi connectivity index (χ4n) is 4.96. The fraction of sp³-hybridized carbons (Fsp3) is 0.548. The summed E-state index contributed by atoms with van der Waals surface area (Å²) in [4.78, 5) is 23.1. The van der Waals surface area contributed by atoms with Crippen molar-refractivity contribution in [1.29, 1.82) is 0 Å². The van der Waals surface area contributed by atoms with E-state index in [0.29, 0.717) is 42.7 Å². The molecule has 0 unspecified atom stereocenters. The van der Waals surface area contributed by atoms with Gasteiger partial charge in [-0.25, -0.2) is 13.4 Å². The first-order valence-corrected chi connectivity index (χ1v) is 17.4. The van der Waals surface area contributed by atoms with E-state index in [4.69, 9.17) is 14.5 Å². The Kier molecular flexibility index (Phi) is 12.1. The molecule has 9 nitrogen and oxygen atoms in total. The number of para-hydroxylation sites is 1. The van der Waals surface area contributed by atoms with Crippen LogP contribution < -0.4 is 9.64 Å². The van der Waals surface area contributed by atoms with Gasteiger partial charge in [-0.1, -0.05) is 44.1 Å². The van der Waals surface area contributed by atoms with Gasteiger partial charge in [0.2, 0.25) is 10.0 Å². The van der Waals surface area contributed by atoms with Crippen molar-refractivity contribution in [2.24, 2.45) is 0 Å². The summed E-state index contributed by atoms with van der Waals surface area (Å²) in [5.74, 6) is 0.496. The zero-order valence-electron chi connectivity index (χ0n) is 25.1. The van der Waals surface area contributed by atoms with Gasteiger partial charge in [-0.05, 0) is 62.6 Å². The predicted octanol–water partition coefficient (Wildman–Crippen LogP) is 5.66. The minimum atomic E-state index is -3.65. The second-order valence-electron chi connectivity index (χ2n) is 10.4. The van der Waals surface area contributed by atoms with Crippen LogP contribution in [0.25, 0.3) is 10.2 Å². The summed E-state index contributed by atoms with van der Waals surface area (Å²) in [5, 5.41) is 0.603. The van der Waals surface area contributed by atoms with Crippen LogP contribution in [0.3, 0.4) is 0 Å². The van der Waals surface area contributed by atoms with Crippen molar-refractivity contribution < 1.29 is 22.7 Å². The molecule has 1 aliphatic heterocycles. The Balaban J connectivity index is 1.59. The number of morpholine rings is 1. The Labute approximate surface area is 254 Å². The van der Waals surface area contributed by atoms with E-state index < -0.39 is 10.0 Å². The number of unbranched alkanes of at least 4 members (excludes halogenated alkanes) is 2. The van der Waals surface area contributed by atoms with Crippen LogP contribution in [0.1, 0.15) is 63.2 Å². The van der Waals surface area contributed by atoms with Gasteiger partial charge in [0, 0.05) is 44.8 Å². The van der Waals surface area contributed by atoms with E-state index >= 15 is 0 Å². The summed E-state index contributed by atoms with van der Waals surface area (Å²) in [5.41, 5.74) is 1.17. The number of thiazole rings is 1. The van der Waals surface area contributed by atoms with Crippen molar-refractivity contribution in [3.05, 3.63) is 48.0 Å². The first kappa shape index (κ1) is 32.3. The van der Waals surface area contributed by atoms with E-state index in [1.165, 1.54) is 11.3 Å². The predicted molar refractivity (Wildman–Crippen MR) is 169 cm³/mol. The first-order chi connectivity index (χ1) is 20.4. The van der Waals surface area contributed by atoms with Crippen LogP contribution in [0.5, 0.6) is 5.75 Å². The quantitative estimate of drug-likeness (QED) is 0.205. The minimum Gasteiger partial charge on any atom is -0.492 e. The number of fused-ring (bicyclic) bond motifs is 1. The fourth-order valence-corrected chi connectivity index (χ4v) is 7.48. The molecule has 0 N–H and O–H groups in total. The highest BCUT2D eigenvalue weighted by molar-refractivity contribution is 7.89. The lowest BCUT2D eigenvalue weighted by Gasteiger charge is -2.27. The molecule has 1 saturated heterocycles. The molecule has 0 saturated carbocycles. The number of amides is 1. The molecule has 230 valence electrons. The topological polar surface area (TPSA) is 92.3 Å². The molecule has 0 aliphatic carbocycles. The van der Waals surface area contributed by atoms with Gasteiger partial charge in [0.25, 0.3) is 5.91 Å². The number of hydrogen-bond donors (Lipinski definition) is 0. The number of nitrogens with zero attached hydrogens (tertiary/aromatic N) is 4. The van der Waals surface area contributed by atoms with Crippen LogP contribution in [0.2, 0.25) is 0 Å². The highest BCUT2D eigenvalue weighted by Gasteiger charge is 2.26. The van der Waals surface area contributed by atoms with E-state index in [-0.39, 0.29) is 10.8 Å². The third kappa shape index (κ3) is 8.08. The van der Waals surface area contributed by atoms with E-state index in [0.717, 1.165) is 75.2 Å². The molecule has 1 amide bonds. The van der Waals surface area contributed by atoms with E-state index in [1.54, 1.807) is 33.5 Å². The van der Waals surface area contributed by atoms with Crippen LogP contribution >= 0.6 is 11.3 Å². The van der Waals surface area contributed by atoms with Crippen molar-refractivity contribution in [1.82, 2.24) is 14.2 Å². The molecule has 1 fully saturated rings. The smallest absolute Gasteiger partial charge is 0.260 e. The summed E-state index contributed by atoms with van der Waals surface area (Å²) in [7, 11) is -3.65. The number of carbonyl (C=O) groups is 1. The lowest BCUT2D eigenvalue weighted by Crippen LogP contribution is -2.39. The summed E-state index contributed by atoms with van der Waals surface area (Å²) in [6, 6.07) is 12.2. The van der Waals surface area contributed by atoms with Crippen LogP contribution in [0.4, 0.5) is 5.13 Å². The van der Waals surface area contributed by atoms with E-state index in [1.807, 2.05) is 25.1 Å². The Morgan fingerprint density at radius 2 is 1.67 bits per heavy atom. The maximum Gasteiger partial charge on any atom is 0.260 e. The maximum atomic E-state index is 14.0. The van der Waals surface area contributed by atoms with Crippen molar-refractivity contribution in [3.63, 3.8) is 0 Å². The number of hydrogen-bond acceptors (Lipinski definition) is 8. The van der Waals surface area contributed by atoms with Crippen molar-refractivity contribution in [2.75, 3.05) is 64.0 Å². The number of sulfonamides is 1. The monoisotopic (exact) mass is 616 g/mol. The third-order valence-corrected chi connectivity index (χ3v) is 10.3. The number of aromatic nitrogens is 1. The van der Waals surface area contributed by atoms with Gasteiger partial charge < -0.3 is 9.47 Å². The van der Waals surface area contributed by atoms with Crippen LogP contribution in [-0.2, 0) is 14.8 Å². The van der Waals surface area contributed by atoms with Crippen molar-refractivity contribution in [3.8, 4) is 5.75 Å². The van der Waals surface area contributed by atoms with Gasteiger partial charge in [-0.2, -0.15) is 4.31 Å². The van der Waals surface area contributed by atoms with Gasteiger partial charge >= 0.3 is 0 Å². The average Bonchev–Trinajstić information content (AvgIpc) is 3.45. The van der Waals surface area contributed by atoms with Gasteiger partial charge in [-0.15, -0.1) is 0 Å². The van der Waals surface area contributed by atoms with Crippen molar-refractivity contribution in [2.45, 2.75) is 57.8 Å². The number of carbonyl (C=O) groups excluding carboxylic acids is 1. The molecule has 0 bridgehead atoms. The second-order valence-corrected chi connectivity index (χ2v) is 13.4. The lowest BCUT2D eigenvalue weighted by atomic mass is 10.2. The maximum absolute atomic E-state index is 14.0. The Morgan fingerprint density at radius 3 is 2.31 bits per heavy atom. The average molecular weight is 617 g/mol. The molecule has 0 spiro atoms. The highest BCUT2D eigenvalue weighted by atomic mass is 32.2. The molecule has 2 aromatic carbocycles. The SMILES string of the molecule is CCCCN(CCCC)S(=O)(=O)c1ccc(C(=O)N(CCCN2CCOCC2)c2nc3c(OCC)cccc3s2)cc1. The molecule has 0 radical (unpaired) electrons. The van der Waals surface area contributed by atoms with Gasteiger partial charge in [-0.3, -0.25) is 14.6 Å². The molecule has 11 heteroatoms. The van der Waals surface area contributed by atoms with Gasteiger partial charge in [0.1, 0.15) is 11.3 Å². The molecule has 1 aromatic heterocycles. The molecule has 1 aliphatic rings. The van der Waals surface area contributed by atoms with Gasteiger partial charge in [0.05, 0.1) is 29.4 Å². The summed E-state index contributed by atoms with van der Waals surface area (Å²) >= 11 is 1.46. The normalized spacial score (nSPS) is 14.5. The van der Waals surface area contributed by atoms with Crippen molar-refractivity contribution >= 4 is 42.6 Å². The lowest BCUT2D eigenvalue weighted by molar-refractivity contribution is 0.0376. The van der Waals surface area contributed by atoms with E-state index in [2.05, 4.69) is 18.7 Å². The number of ether oxygens (including phenoxy) is 2. The van der Waals surface area contributed by atoms with Crippen LogP contribution in [-0.4, -0.2) is 87.6 Å². The molecular formula is C31H44N4O5S2. The largest absolute Gasteiger partial charge is 0.492 e. The standard InChI is InChI=1S/C31H44N4O5S2/c1-4-7-18-34(19-8-5-2)42(37,38)26-15-13-25(14-16-26)30(36)35(20-10-17-33-21-23-39-24-22-33)31-32-29-27(40-6-3)11-9-12-28(29)41-31/h9,11-16H,4-8,10,17-24H2,1-3H3. The second kappa shape index (κ2) is 15.8. The number of anilines is 1. The van der Waals surface area contributed by atoms with Crippen LogP contribution in [0.15, 0.2) is 47.4 Å². The van der Waals surface area contributed by atoms with Gasteiger partial charge in [0.15, 0.2) is 5.13 Å². The molecule has 2 heterocycles. The minimum absolute atomic E-state index is 0.202. The molecule has 42 heavy (non-hydrogen) atoms. The van der Waals surface area contributed by atoms with Crippen LogP contribution in [0, 0.1) is 0 Å². The number of rotatable bonds is 16.